The summed E-state index contributed by atoms with van der Waals surface area (Å²) in [5.41, 5.74) is 5.45. The van der Waals surface area contributed by atoms with Crippen molar-refractivity contribution < 1.29 is 27.8 Å². The number of pyridine rings is 1. The maximum atomic E-state index is 10.6. The lowest BCUT2D eigenvalue weighted by atomic mass is 10.1. The summed E-state index contributed by atoms with van der Waals surface area (Å²) < 4.78 is 39.6. The summed E-state index contributed by atoms with van der Waals surface area (Å²) in [6.07, 6.45) is 2.13. The summed E-state index contributed by atoms with van der Waals surface area (Å²) in [6.45, 7) is 5.10. The Kier molecular flexibility index (Phi) is 11.3. The Morgan fingerprint density at radius 2 is 1.80 bits per heavy atom. The Labute approximate surface area is 236 Å². The Balaban J connectivity index is 0.000000559. The average Bonchev–Trinajstić information content (AvgIpc) is 3.29. The van der Waals surface area contributed by atoms with Gasteiger partial charge in [-0.25, -0.2) is 9.78 Å². The summed E-state index contributed by atoms with van der Waals surface area (Å²) in [5, 5.41) is 10.8. The zero-order chi connectivity index (χ0) is 29.1. The minimum Gasteiger partial charge on any atom is -0.496 e. The van der Waals surface area contributed by atoms with Crippen molar-refractivity contribution in [1.29, 1.82) is 0 Å². The topological polar surface area (TPSA) is 75.9 Å². The summed E-state index contributed by atoms with van der Waals surface area (Å²) >= 11 is 1.88. The third kappa shape index (κ3) is 8.67. The van der Waals surface area contributed by atoms with Crippen LogP contribution in [0.5, 0.6) is 5.75 Å². The number of carboxylic acid groups (broad SMARTS) is 1. The second-order valence-corrected chi connectivity index (χ2v) is 10.3. The predicted octanol–water partition coefficient (Wildman–Crippen LogP) is 8.24. The van der Waals surface area contributed by atoms with Gasteiger partial charge >= 0.3 is 12.1 Å². The number of carboxylic acids is 1. The minimum absolute atomic E-state index is 0.741. The number of aryl methyl sites for hydroxylation is 1. The van der Waals surface area contributed by atoms with Crippen LogP contribution in [0, 0.1) is 6.92 Å². The van der Waals surface area contributed by atoms with Gasteiger partial charge in [-0.2, -0.15) is 13.2 Å². The van der Waals surface area contributed by atoms with Crippen molar-refractivity contribution in [1.82, 2.24) is 9.38 Å². The van der Waals surface area contributed by atoms with E-state index in [1.165, 1.54) is 41.7 Å². The van der Waals surface area contributed by atoms with Gasteiger partial charge in [-0.15, -0.1) is 11.8 Å². The fourth-order valence-corrected chi connectivity index (χ4v) is 5.02. The van der Waals surface area contributed by atoms with Crippen LogP contribution in [0.4, 0.5) is 19.0 Å². The second kappa shape index (κ2) is 14.6. The number of hydrogen-bond donors (Lipinski definition) is 2. The number of carbonyl (C=O) groups is 1. The quantitative estimate of drug-likeness (QED) is 0.139. The van der Waals surface area contributed by atoms with E-state index >= 15 is 0 Å². The number of aromatic nitrogens is 2. The number of alkyl halides is 3. The lowest BCUT2D eigenvalue weighted by Crippen LogP contribution is -2.21. The number of hydrogen-bond acceptors (Lipinski definition) is 5. The monoisotopic (exact) mass is 573 g/mol. The molecule has 6 nitrogen and oxygen atoms in total. The Morgan fingerprint density at radius 3 is 2.45 bits per heavy atom. The molecule has 2 N–H and O–H groups in total. The smallest absolute Gasteiger partial charge is 0.490 e. The van der Waals surface area contributed by atoms with Crippen molar-refractivity contribution in [2.45, 2.75) is 57.1 Å². The lowest BCUT2D eigenvalue weighted by Gasteiger charge is -2.12. The van der Waals surface area contributed by atoms with Crippen molar-refractivity contribution in [3.63, 3.8) is 0 Å². The number of halogens is 3. The summed E-state index contributed by atoms with van der Waals surface area (Å²) in [6, 6.07) is 21.1. The van der Waals surface area contributed by atoms with Gasteiger partial charge in [0.2, 0.25) is 0 Å². The van der Waals surface area contributed by atoms with Gasteiger partial charge in [-0.1, -0.05) is 62.6 Å². The highest BCUT2D eigenvalue weighted by Crippen LogP contribution is 2.37. The van der Waals surface area contributed by atoms with E-state index in [1.54, 1.807) is 7.11 Å². The normalized spacial score (nSPS) is 11.2. The number of unbranched alkanes of at least 4 members (excludes halogenated alkanes) is 3. The van der Waals surface area contributed by atoms with Gasteiger partial charge in [0, 0.05) is 18.3 Å². The number of thioether (sulfide) groups is 1. The van der Waals surface area contributed by atoms with Crippen LogP contribution in [0.3, 0.4) is 0 Å². The van der Waals surface area contributed by atoms with E-state index in [4.69, 9.17) is 19.6 Å². The maximum absolute atomic E-state index is 10.6. The van der Waals surface area contributed by atoms with Crippen LogP contribution in [0.15, 0.2) is 71.8 Å². The van der Waals surface area contributed by atoms with E-state index in [2.05, 4.69) is 84.4 Å². The number of rotatable bonds is 11. The van der Waals surface area contributed by atoms with Crippen molar-refractivity contribution in [2.24, 2.45) is 0 Å². The first-order valence-electron chi connectivity index (χ1n) is 13.0. The highest BCUT2D eigenvalue weighted by atomic mass is 32.2. The molecule has 0 bridgehead atoms. The summed E-state index contributed by atoms with van der Waals surface area (Å²) in [5.74, 6) is 0.287. The molecule has 0 aliphatic heterocycles. The van der Waals surface area contributed by atoms with E-state index in [0.717, 1.165) is 40.8 Å². The number of nitrogens with zero attached hydrogens (tertiary/aromatic N) is 2. The van der Waals surface area contributed by atoms with E-state index in [9.17, 15) is 13.2 Å². The molecule has 4 rings (SSSR count). The van der Waals surface area contributed by atoms with Crippen LogP contribution in [-0.2, 0) is 11.3 Å². The zero-order valence-electron chi connectivity index (χ0n) is 22.8. The predicted molar refractivity (Wildman–Crippen MR) is 154 cm³/mol. The largest absolute Gasteiger partial charge is 0.496 e. The summed E-state index contributed by atoms with van der Waals surface area (Å²) in [4.78, 5) is 15.1. The SMILES string of the molecule is CCCCCCSc1cc(-c2nc3ccc(C)cn3c2NCc2ccccc2)ccc1OC.O=C(O)C(F)(F)F. The number of imidazole rings is 1. The van der Waals surface area contributed by atoms with E-state index in [1.807, 2.05) is 17.8 Å². The number of methoxy groups -OCH3 is 1. The van der Waals surface area contributed by atoms with Gasteiger partial charge in [-0.3, -0.25) is 4.40 Å². The Bertz CT molecular complexity index is 1390. The van der Waals surface area contributed by atoms with Crippen LogP contribution in [0.25, 0.3) is 16.9 Å². The highest BCUT2D eigenvalue weighted by Gasteiger charge is 2.38. The number of benzene rings is 2. The fraction of sp³-hybridized carbons (Fsp3) is 0.333. The molecule has 40 heavy (non-hydrogen) atoms. The molecule has 10 heteroatoms. The van der Waals surface area contributed by atoms with Crippen LogP contribution >= 0.6 is 11.8 Å². The molecule has 0 fully saturated rings. The molecule has 2 heterocycles. The number of anilines is 1. The van der Waals surface area contributed by atoms with Gasteiger partial charge in [-0.05, 0) is 54.5 Å². The first kappa shape index (κ1) is 30.9. The molecule has 2 aromatic carbocycles. The van der Waals surface area contributed by atoms with E-state index in [0.29, 0.717) is 0 Å². The van der Waals surface area contributed by atoms with Crippen LogP contribution in [0.2, 0.25) is 0 Å². The first-order valence-corrected chi connectivity index (χ1v) is 14.0. The van der Waals surface area contributed by atoms with Gasteiger partial charge in [0.05, 0.1) is 12.0 Å². The van der Waals surface area contributed by atoms with E-state index < -0.39 is 12.1 Å². The standard InChI is InChI=1S/C28H33N3OS.C2HF3O2/c1-4-5-6-10-17-33-25-18-23(14-15-24(25)32-3)27-28(29-19-22-11-8-7-9-12-22)31-20-21(2)13-16-26(31)30-27;3-2(4,5)1(6)7/h7-9,11-16,18,20,29H,4-6,10,17,19H2,1-3H3;(H,6,7). The van der Waals surface area contributed by atoms with Gasteiger partial charge in [0.15, 0.2) is 0 Å². The second-order valence-electron chi connectivity index (χ2n) is 9.16. The number of fused-ring (bicyclic) bond motifs is 1. The minimum atomic E-state index is -5.08. The first-order chi connectivity index (χ1) is 19.1. The fourth-order valence-electron chi connectivity index (χ4n) is 3.95. The molecule has 0 spiro atoms. The van der Waals surface area contributed by atoms with Gasteiger partial charge in [0.25, 0.3) is 0 Å². The molecule has 0 aliphatic carbocycles. The number of nitrogens with one attached hydrogen (secondary N) is 1. The maximum Gasteiger partial charge on any atom is 0.490 e. The molecule has 0 unspecified atom stereocenters. The molecule has 0 atom stereocenters. The lowest BCUT2D eigenvalue weighted by molar-refractivity contribution is -0.192. The molecule has 0 radical (unpaired) electrons. The molecule has 214 valence electrons. The zero-order valence-corrected chi connectivity index (χ0v) is 23.6. The molecular weight excluding hydrogens is 539 g/mol. The van der Waals surface area contributed by atoms with Crippen LogP contribution in [-0.4, -0.2) is 39.5 Å². The molecule has 0 saturated carbocycles. The van der Waals surface area contributed by atoms with Crippen molar-refractivity contribution in [2.75, 3.05) is 18.2 Å². The molecule has 0 amide bonds. The number of ether oxygens (including phenoxy) is 1. The van der Waals surface area contributed by atoms with Crippen LogP contribution < -0.4 is 10.1 Å². The third-order valence-electron chi connectivity index (χ3n) is 6.00. The molecule has 2 aromatic heterocycles. The molecule has 0 aliphatic rings. The molecule has 4 aromatic rings. The van der Waals surface area contributed by atoms with Gasteiger partial charge in [0.1, 0.15) is 22.9 Å². The molecule has 0 saturated heterocycles. The average molecular weight is 574 g/mol. The highest BCUT2D eigenvalue weighted by molar-refractivity contribution is 7.99. The van der Waals surface area contributed by atoms with Crippen molar-refractivity contribution in [3.05, 3.63) is 78.0 Å². The molecular formula is C30H34F3N3O3S. The van der Waals surface area contributed by atoms with E-state index in [-0.39, 0.29) is 0 Å². The van der Waals surface area contributed by atoms with Crippen molar-refractivity contribution in [3.8, 4) is 17.0 Å². The third-order valence-corrected chi connectivity index (χ3v) is 7.13. The Hall–Kier alpha value is -3.66. The number of aliphatic carboxylic acids is 1. The Morgan fingerprint density at radius 1 is 1.07 bits per heavy atom. The van der Waals surface area contributed by atoms with Gasteiger partial charge < -0.3 is 15.2 Å². The van der Waals surface area contributed by atoms with Crippen LogP contribution in [0.1, 0.15) is 43.7 Å². The summed E-state index contributed by atoms with van der Waals surface area (Å²) in [7, 11) is 1.75. The van der Waals surface area contributed by atoms with Crippen molar-refractivity contribution >= 4 is 29.2 Å².